The summed E-state index contributed by atoms with van der Waals surface area (Å²) in [5, 5.41) is 9.29. The normalized spacial score (nSPS) is 11.7. The Morgan fingerprint density at radius 2 is 1.97 bits per heavy atom. The smallest absolute Gasteiger partial charge is 0.238 e. The minimum absolute atomic E-state index is 0.0190. The monoisotopic (exact) mass is 408 g/mol. The van der Waals surface area contributed by atoms with Crippen LogP contribution in [0.25, 0.3) is 22.3 Å². The number of anilines is 2. The van der Waals surface area contributed by atoms with Crippen LogP contribution in [-0.4, -0.2) is 28.4 Å². The SMILES string of the molecule is CCCc1ccnc2[nH]cc(-c3ccnc(Nc4cccc(S(N)(=O)=O)c4)n3)c12. The van der Waals surface area contributed by atoms with E-state index in [4.69, 9.17) is 5.14 Å². The maximum Gasteiger partial charge on any atom is 0.238 e. The van der Waals surface area contributed by atoms with Crippen LogP contribution >= 0.6 is 0 Å². The molecule has 0 amide bonds. The van der Waals surface area contributed by atoms with Crippen LogP contribution in [0.4, 0.5) is 11.6 Å². The van der Waals surface area contributed by atoms with Gasteiger partial charge in [-0.1, -0.05) is 19.4 Å². The van der Waals surface area contributed by atoms with Crippen LogP contribution in [-0.2, 0) is 16.4 Å². The fourth-order valence-corrected chi connectivity index (χ4v) is 3.81. The number of nitrogens with two attached hydrogens (primary N) is 1. The number of aromatic amines is 1. The average Bonchev–Trinajstić information content (AvgIpc) is 3.13. The predicted molar refractivity (Wildman–Crippen MR) is 112 cm³/mol. The van der Waals surface area contributed by atoms with E-state index in [0.717, 1.165) is 35.1 Å². The number of hydrogen-bond donors (Lipinski definition) is 3. The van der Waals surface area contributed by atoms with E-state index in [-0.39, 0.29) is 4.90 Å². The van der Waals surface area contributed by atoms with E-state index in [2.05, 4.69) is 32.2 Å². The lowest BCUT2D eigenvalue weighted by molar-refractivity contribution is 0.598. The van der Waals surface area contributed by atoms with Gasteiger partial charge >= 0.3 is 0 Å². The molecule has 0 saturated carbocycles. The molecule has 29 heavy (non-hydrogen) atoms. The quantitative estimate of drug-likeness (QED) is 0.449. The number of pyridine rings is 1. The number of nitrogens with one attached hydrogen (secondary N) is 2. The summed E-state index contributed by atoms with van der Waals surface area (Å²) in [6, 6.07) is 10.1. The van der Waals surface area contributed by atoms with Gasteiger partial charge in [0.2, 0.25) is 16.0 Å². The van der Waals surface area contributed by atoms with Gasteiger partial charge in [0, 0.05) is 35.2 Å². The summed E-state index contributed by atoms with van der Waals surface area (Å²) < 4.78 is 23.1. The molecule has 1 aromatic carbocycles. The van der Waals surface area contributed by atoms with Gasteiger partial charge in [0.15, 0.2) is 0 Å². The minimum Gasteiger partial charge on any atom is -0.345 e. The van der Waals surface area contributed by atoms with Crippen molar-refractivity contribution in [2.24, 2.45) is 5.14 Å². The van der Waals surface area contributed by atoms with Crippen molar-refractivity contribution < 1.29 is 8.42 Å². The molecular weight excluding hydrogens is 388 g/mol. The molecule has 9 heteroatoms. The van der Waals surface area contributed by atoms with E-state index >= 15 is 0 Å². The van der Waals surface area contributed by atoms with Crippen molar-refractivity contribution in [1.82, 2.24) is 19.9 Å². The molecule has 0 saturated heterocycles. The second-order valence-electron chi connectivity index (χ2n) is 6.61. The number of fused-ring (bicyclic) bond motifs is 1. The number of primary sulfonamides is 1. The Morgan fingerprint density at radius 1 is 1.14 bits per heavy atom. The summed E-state index contributed by atoms with van der Waals surface area (Å²) in [6.07, 6.45) is 7.33. The molecule has 4 N–H and O–H groups in total. The Morgan fingerprint density at radius 3 is 2.76 bits per heavy atom. The molecule has 4 aromatic rings. The highest BCUT2D eigenvalue weighted by atomic mass is 32.2. The Bertz CT molecular complexity index is 1280. The van der Waals surface area contributed by atoms with Crippen LogP contribution < -0.4 is 10.5 Å². The van der Waals surface area contributed by atoms with Gasteiger partial charge in [-0.3, -0.25) is 0 Å². The van der Waals surface area contributed by atoms with E-state index in [1.807, 2.05) is 18.3 Å². The summed E-state index contributed by atoms with van der Waals surface area (Å²) in [7, 11) is -3.79. The first-order valence-electron chi connectivity index (χ1n) is 9.14. The van der Waals surface area contributed by atoms with Crippen LogP contribution in [0.15, 0.2) is 59.9 Å². The number of benzene rings is 1. The van der Waals surface area contributed by atoms with Crippen molar-refractivity contribution in [1.29, 1.82) is 0 Å². The van der Waals surface area contributed by atoms with Crippen LogP contribution in [0, 0.1) is 0 Å². The topological polar surface area (TPSA) is 127 Å². The van der Waals surface area contributed by atoms with Gasteiger partial charge < -0.3 is 10.3 Å². The number of nitrogens with zero attached hydrogens (tertiary/aromatic N) is 3. The Hall–Kier alpha value is -3.30. The molecule has 0 aliphatic carbocycles. The van der Waals surface area contributed by atoms with Gasteiger partial charge in [-0.15, -0.1) is 0 Å². The van der Waals surface area contributed by atoms with E-state index in [9.17, 15) is 8.42 Å². The third-order valence-electron chi connectivity index (χ3n) is 4.53. The fraction of sp³-hybridized carbons (Fsp3) is 0.150. The predicted octanol–water partition coefficient (Wildman–Crippen LogP) is 3.36. The summed E-state index contributed by atoms with van der Waals surface area (Å²) >= 11 is 0. The van der Waals surface area contributed by atoms with Gasteiger partial charge in [-0.2, -0.15) is 0 Å². The van der Waals surface area contributed by atoms with Crippen LogP contribution in [0.5, 0.6) is 0 Å². The average molecular weight is 408 g/mol. The van der Waals surface area contributed by atoms with Crippen LogP contribution in [0.3, 0.4) is 0 Å². The highest BCUT2D eigenvalue weighted by molar-refractivity contribution is 7.89. The van der Waals surface area contributed by atoms with Crippen molar-refractivity contribution in [3.63, 3.8) is 0 Å². The van der Waals surface area contributed by atoms with Gasteiger partial charge in [0.1, 0.15) is 5.65 Å². The first-order valence-corrected chi connectivity index (χ1v) is 10.7. The third-order valence-corrected chi connectivity index (χ3v) is 5.44. The third kappa shape index (κ3) is 3.96. The lowest BCUT2D eigenvalue weighted by atomic mass is 10.0. The second kappa shape index (κ2) is 7.61. The molecule has 0 radical (unpaired) electrons. The molecule has 4 rings (SSSR count). The van der Waals surface area contributed by atoms with Crippen LogP contribution in [0.2, 0.25) is 0 Å². The molecule has 0 bridgehead atoms. The van der Waals surface area contributed by atoms with Gasteiger partial charge in [-0.05, 0) is 42.3 Å². The maximum atomic E-state index is 11.6. The highest BCUT2D eigenvalue weighted by Crippen LogP contribution is 2.30. The number of aromatic nitrogens is 4. The van der Waals surface area contributed by atoms with Gasteiger partial charge in [0.05, 0.1) is 10.6 Å². The molecule has 148 valence electrons. The summed E-state index contributed by atoms with van der Waals surface area (Å²) in [4.78, 5) is 16.5. The summed E-state index contributed by atoms with van der Waals surface area (Å²) in [6.45, 7) is 2.14. The molecule has 0 fully saturated rings. The number of rotatable bonds is 6. The lowest BCUT2D eigenvalue weighted by Crippen LogP contribution is -2.12. The van der Waals surface area contributed by atoms with E-state index in [1.165, 1.54) is 17.7 Å². The zero-order valence-corrected chi connectivity index (χ0v) is 16.6. The van der Waals surface area contributed by atoms with Crippen molar-refractivity contribution in [2.45, 2.75) is 24.7 Å². The molecule has 3 aromatic heterocycles. The summed E-state index contributed by atoms with van der Waals surface area (Å²) in [5.74, 6) is 0.351. The molecule has 0 atom stereocenters. The lowest BCUT2D eigenvalue weighted by Gasteiger charge is -2.08. The zero-order valence-electron chi connectivity index (χ0n) is 15.8. The van der Waals surface area contributed by atoms with E-state index in [0.29, 0.717) is 11.6 Å². The minimum atomic E-state index is -3.79. The largest absolute Gasteiger partial charge is 0.345 e. The van der Waals surface area contributed by atoms with Crippen molar-refractivity contribution in [3.8, 4) is 11.3 Å². The van der Waals surface area contributed by atoms with E-state index in [1.54, 1.807) is 24.5 Å². The number of sulfonamides is 1. The fourth-order valence-electron chi connectivity index (χ4n) is 3.25. The maximum absolute atomic E-state index is 11.6. The van der Waals surface area contributed by atoms with Crippen LogP contribution in [0.1, 0.15) is 18.9 Å². The van der Waals surface area contributed by atoms with E-state index < -0.39 is 10.0 Å². The Kier molecular flexibility index (Phi) is 4.99. The molecule has 0 aliphatic rings. The molecule has 8 nitrogen and oxygen atoms in total. The molecule has 0 unspecified atom stereocenters. The molecule has 3 heterocycles. The van der Waals surface area contributed by atoms with Crippen molar-refractivity contribution >= 4 is 32.7 Å². The van der Waals surface area contributed by atoms with Gasteiger partial charge in [-0.25, -0.2) is 28.5 Å². The first kappa shape index (κ1) is 19.0. The highest BCUT2D eigenvalue weighted by Gasteiger charge is 2.13. The molecule has 0 aliphatic heterocycles. The number of aryl methyl sites for hydroxylation is 1. The van der Waals surface area contributed by atoms with Gasteiger partial charge in [0.25, 0.3) is 0 Å². The van der Waals surface area contributed by atoms with Crippen molar-refractivity contribution in [2.75, 3.05) is 5.32 Å². The zero-order chi connectivity index (χ0) is 20.4. The number of hydrogen-bond acceptors (Lipinski definition) is 6. The molecular formula is C20H20N6O2S. The number of H-pyrrole nitrogens is 1. The first-order chi connectivity index (χ1) is 14.0. The Labute approximate surface area is 168 Å². The van der Waals surface area contributed by atoms with Crippen molar-refractivity contribution in [3.05, 3.63) is 60.6 Å². The Balaban J connectivity index is 1.71. The summed E-state index contributed by atoms with van der Waals surface area (Å²) in [5.41, 5.74) is 4.24. The second-order valence-corrected chi connectivity index (χ2v) is 8.17. The standard InChI is InChI=1S/C20H20N6O2S/c1-2-4-13-7-9-22-19-18(13)16(12-24-19)17-8-10-23-20(26-17)25-14-5-3-6-15(11-14)29(21,27)28/h3,5-12H,2,4H2,1H3,(H,22,24)(H2,21,27,28)(H,23,25,26). The molecule has 0 spiro atoms.